The SMILES string of the molecule is COc1ccc(-c2cc(C(N)=O)n(-c3ccc([C@H]4CNCCO4)cc3)n2)cc1. The molecule has 0 unspecified atom stereocenters. The zero-order valence-corrected chi connectivity index (χ0v) is 15.6. The molecule has 1 aromatic heterocycles. The number of hydrogen-bond donors (Lipinski definition) is 2. The smallest absolute Gasteiger partial charge is 0.267 e. The van der Waals surface area contributed by atoms with Crippen molar-refractivity contribution in [3.05, 3.63) is 65.9 Å². The lowest BCUT2D eigenvalue weighted by molar-refractivity contribution is 0.0277. The topological polar surface area (TPSA) is 91.4 Å². The number of nitrogens with one attached hydrogen (secondary N) is 1. The second kappa shape index (κ2) is 7.84. The number of carbonyl (C=O) groups excluding carboxylic acids is 1. The minimum absolute atomic E-state index is 0.0332. The second-order valence-corrected chi connectivity index (χ2v) is 6.57. The fourth-order valence-corrected chi connectivity index (χ4v) is 3.27. The van der Waals surface area contributed by atoms with Gasteiger partial charge in [0, 0.05) is 18.7 Å². The Kier molecular flexibility index (Phi) is 5.10. The largest absolute Gasteiger partial charge is 0.497 e. The van der Waals surface area contributed by atoms with E-state index >= 15 is 0 Å². The molecule has 0 bridgehead atoms. The highest BCUT2D eigenvalue weighted by atomic mass is 16.5. The summed E-state index contributed by atoms with van der Waals surface area (Å²) in [5.41, 5.74) is 9.31. The van der Waals surface area contributed by atoms with Gasteiger partial charge in [0.05, 0.1) is 31.2 Å². The summed E-state index contributed by atoms with van der Waals surface area (Å²) in [5, 5.41) is 7.92. The second-order valence-electron chi connectivity index (χ2n) is 6.57. The number of methoxy groups -OCH3 is 1. The maximum atomic E-state index is 12.0. The van der Waals surface area contributed by atoms with Gasteiger partial charge in [-0.3, -0.25) is 4.79 Å². The Labute approximate surface area is 163 Å². The summed E-state index contributed by atoms with van der Waals surface area (Å²) in [6.45, 7) is 2.36. The molecule has 3 aromatic rings. The molecule has 1 atom stereocenters. The highest BCUT2D eigenvalue weighted by Gasteiger charge is 2.18. The maximum absolute atomic E-state index is 12.0. The number of amides is 1. The highest BCUT2D eigenvalue weighted by molar-refractivity contribution is 5.93. The summed E-state index contributed by atoms with van der Waals surface area (Å²) in [4.78, 5) is 12.0. The van der Waals surface area contributed by atoms with Crippen LogP contribution in [0.5, 0.6) is 5.75 Å². The fourth-order valence-electron chi connectivity index (χ4n) is 3.27. The van der Waals surface area contributed by atoms with Gasteiger partial charge in [-0.15, -0.1) is 0 Å². The molecule has 144 valence electrons. The Hall–Kier alpha value is -3.16. The van der Waals surface area contributed by atoms with E-state index in [1.807, 2.05) is 48.5 Å². The molecule has 1 saturated heterocycles. The molecule has 7 nitrogen and oxygen atoms in total. The summed E-state index contributed by atoms with van der Waals surface area (Å²) in [6, 6.07) is 17.0. The van der Waals surface area contributed by atoms with Crippen LogP contribution in [0.3, 0.4) is 0 Å². The van der Waals surface area contributed by atoms with E-state index in [-0.39, 0.29) is 6.10 Å². The van der Waals surface area contributed by atoms with Crippen LogP contribution >= 0.6 is 0 Å². The first-order valence-electron chi connectivity index (χ1n) is 9.12. The number of primary amides is 1. The quantitative estimate of drug-likeness (QED) is 0.711. The van der Waals surface area contributed by atoms with Gasteiger partial charge in [-0.2, -0.15) is 5.10 Å². The van der Waals surface area contributed by atoms with Crippen molar-refractivity contribution < 1.29 is 14.3 Å². The number of ether oxygens (including phenoxy) is 2. The number of benzene rings is 2. The van der Waals surface area contributed by atoms with Gasteiger partial charge >= 0.3 is 0 Å². The third kappa shape index (κ3) is 3.62. The summed E-state index contributed by atoms with van der Waals surface area (Å²) in [6.07, 6.45) is 0.0332. The Morgan fingerprint density at radius 3 is 2.57 bits per heavy atom. The van der Waals surface area contributed by atoms with E-state index in [9.17, 15) is 4.79 Å². The van der Waals surface area contributed by atoms with E-state index in [1.165, 1.54) is 0 Å². The minimum Gasteiger partial charge on any atom is -0.497 e. The molecule has 28 heavy (non-hydrogen) atoms. The van der Waals surface area contributed by atoms with Crippen LogP contribution in [0.2, 0.25) is 0 Å². The van der Waals surface area contributed by atoms with E-state index in [0.29, 0.717) is 18.0 Å². The molecule has 1 aliphatic heterocycles. The average molecular weight is 378 g/mol. The van der Waals surface area contributed by atoms with E-state index < -0.39 is 5.91 Å². The Balaban J connectivity index is 1.66. The first-order chi connectivity index (χ1) is 13.7. The van der Waals surface area contributed by atoms with Crippen LogP contribution in [0.1, 0.15) is 22.2 Å². The zero-order chi connectivity index (χ0) is 19.5. The van der Waals surface area contributed by atoms with Crippen LogP contribution in [0, 0.1) is 0 Å². The van der Waals surface area contributed by atoms with Gasteiger partial charge in [0.25, 0.3) is 5.91 Å². The van der Waals surface area contributed by atoms with Crippen molar-refractivity contribution in [3.63, 3.8) is 0 Å². The molecule has 1 fully saturated rings. The van der Waals surface area contributed by atoms with Crippen molar-refractivity contribution >= 4 is 5.91 Å². The molecule has 3 N–H and O–H groups in total. The number of nitrogens with zero attached hydrogens (tertiary/aromatic N) is 2. The predicted octanol–water partition coefficient (Wildman–Crippen LogP) is 2.31. The van der Waals surface area contributed by atoms with E-state index in [4.69, 9.17) is 15.2 Å². The lowest BCUT2D eigenvalue weighted by Crippen LogP contribution is -2.33. The van der Waals surface area contributed by atoms with Crippen LogP contribution in [0.15, 0.2) is 54.6 Å². The Bertz CT molecular complexity index is 958. The standard InChI is InChI=1S/C21H22N4O3/c1-27-17-8-4-14(5-9-17)18-12-19(21(22)26)25(24-18)16-6-2-15(3-7-16)20-13-23-10-11-28-20/h2-9,12,20,23H,10-11,13H2,1H3,(H2,22,26)/t20-/m1/s1. The van der Waals surface area contributed by atoms with Crippen LogP contribution in [0.25, 0.3) is 16.9 Å². The third-order valence-corrected chi connectivity index (χ3v) is 4.78. The lowest BCUT2D eigenvalue weighted by atomic mass is 10.1. The van der Waals surface area contributed by atoms with E-state index in [1.54, 1.807) is 17.9 Å². The Morgan fingerprint density at radius 1 is 1.21 bits per heavy atom. The van der Waals surface area contributed by atoms with Crippen molar-refractivity contribution in [2.24, 2.45) is 5.73 Å². The molecular formula is C21H22N4O3. The van der Waals surface area contributed by atoms with Gasteiger partial charge in [0.1, 0.15) is 11.4 Å². The first-order valence-corrected chi connectivity index (χ1v) is 9.12. The highest BCUT2D eigenvalue weighted by Crippen LogP contribution is 2.25. The monoisotopic (exact) mass is 378 g/mol. The van der Waals surface area contributed by atoms with Gasteiger partial charge in [-0.05, 0) is 48.0 Å². The van der Waals surface area contributed by atoms with Crippen molar-refractivity contribution in [1.82, 2.24) is 15.1 Å². The fraction of sp³-hybridized carbons (Fsp3) is 0.238. The number of nitrogens with two attached hydrogens (primary N) is 1. The molecular weight excluding hydrogens is 356 g/mol. The number of rotatable bonds is 5. The summed E-state index contributed by atoms with van der Waals surface area (Å²) in [7, 11) is 1.62. The average Bonchev–Trinajstić information content (AvgIpc) is 3.20. The van der Waals surface area contributed by atoms with Gasteiger partial charge in [-0.1, -0.05) is 12.1 Å². The van der Waals surface area contributed by atoms with Crippen molar-refractivity contribution in [2.45, 2.75) is 6.10 Å². The molecule has 0 saturated carbocycles. The van der Waals surface area contributed by atoms with E-state index in [2.05, 4.69) is 10.4 Å². The predicted molar refractivity (Wildman–Crippen MR) is 106 cm³/mol. The summed E-state index contributed by atoms with van der Waals surface area (Å²) < 4.78 is 12.5. The molecule has 2 aromatic carbocycles. The van der Waals surface area contributed by atoms with Crippen LogP contribution in [-0.2, 0) is 4.74 Å². The van der Waals surface area contributed by atoms with Crippen molar-refractivity contribution in [1.29, 1.82) is 0 Å². The normalized spacial score (nSPS) is 16.7. The molecule has 0 spiro atoms. The van der Waals surface area contributed by atoms with Crippen LogP contribution < -0.4 is 15.8 Å². The first kappa shape index (κ1) is 18.2. The number of morpholine rings is 1. The Morgan fingerprint density at radius 2 is 1.96 bits per heavy atom. The molecule has 2 heterocycles. The molecule has 4 rings (SSSR count). The van der Waals surface area contributed by atoms with Crippen molar-refractivity contribution in [2.75, 3.05) is 26.8 Å². The lowest BCUT2D eigenvalue weighted by Gasteiger charge is -2.24. The van der Waals surface area contributed by atoms with Gasteiger partial charge < -0.3 is 20.5 Å². The van der Waals surface area contributed by atoms with Gasteiger partial charge in [0.2, 0.25) is 0 Å². The van der Waals surface area contributed by atoms with Gasteiger partial charge in [0.15, 0.2) is 0 Å². The van der Waals surface area contributed by atoms with Crippen LogP contribution in [0.4, 0.5) is 0 Å². The molecule has 1 aliphatic rings. The third-order valence-electron chi connectivity index (χ3n) is 4.78. The summed E-state index contributed by atoms with van der Waals surface area (Å²) >= 11 is 0. The number of carbonyl (C=O) groups is 1. The van der Waals surface area contributed by atoms with Crippen molar-refractivity contribution in [3.8, 4) is 22.7 Å². The number of aromatic nitrogens is 2. The van der Waals surface area contributed by atoms with Gasteiger partial charge in [-0.25, -0.2) is 4.68 Å². The van der Waals surface area contributed by atoms with E-state index in [0.717, 1.165) is 35.7 Å². The zero-order valence-electron chi connectivity index (χ0n) is 15.6. The molecule has 0 aliphatic carbocycles. The number of hydrogen-bond acceptors (Lipinski definition) is 5. The molecule has 1 amide bonds. The van der Waals surface area contributed by atoms with Crippen LogP contribution in [-0.4, -0.2) is 42.5 Å². The molecule has 7 heteroatoms. The molecule has 0 radical (unpaired) electrons. The summed E-state index contributed by atoms with van der Waals surface area (Å²) in [5.74, 6) is 0.226. The maximum Gasteiger partial charge on any atom is 0.267 e. The minimum atomic E-state index is -0.531.